The summed E-state index contributed by atoms with van der Waals surface area (Å²) >= 11 is 1.91. The summed E-state index contributed by atoms with van der Waals surface area (Å²) in [5.41, 5.74) is 2.74. The topological polar surface area (TPSA) is 49.3 Å². The Kier molecular flexibility index (Phi) is 5.57. The van der Waals surface area contributed by atoms with Crippen molar-refractivity contribution in [2.75, 3.05) is 31.1 Å². The first-order valence-electron chi connectivity index (χ1n) is 12.5. The van der Waals surface area contributed by atoms with Gasteiger partial charge in [0.1, 0.15) is 16.5 Å². The lowest BCUT2D eigenvalue weighted by Crippen LogP contribution is -2.49. The molecular weight excluding hydrogens is 428 g/mol. The van der Waals surface area contributed by atoms with Gasteiger partial charge in [-0.15, -0.1) is 11.3 Å². The summed E-state index contributed by atoms with van der Waals surface area (Å²) in [6.07, 6.45) is 7.42. The van der Waals surface area contributed by atoms with Gasteiger partial charge in [-0.25, -0.2) is 9.97 Å². The summed E-state index contributed by atoms with van der Waals surface area (Å²) in [4.78, 5) is 30.2. The maximum Gasteiger partial charge on any atom is 0.223 e. The lowest BCUT2D eigenvalue weighted by atomic mass is 9.89. The molecule has 3 aromatic rings. The van der Waals surface area contributed by atoms with E-state index in [1.165, 1.54) is 51.9 Å². The molecule has 172 valence electrons. The number of benzene rings is 1. The van der Waals surface area contributed by atoms with Crippen molar-refractivity contribution in [3.8, 4) is 0 Å². The first kappa shape index (κ1) is 21.1. The molecule has 1 aromatic carbocycles. The number of anilines is 1. The van der Waals surface area contributed by atoms with Crippen LogP contribution in [0, 0.1) is 5.92 Å². The number of thiophene rings is 1. The molecule has 1 unspecified atom stereocenters. The number of carbonyl (C=O) groups excluding carboxylic acids is 1. The van der Waals surface area contributed by atoms with Gasteiger partial charge in [-0.1, -0.05) is 37.3 Å². The van der Waals surface area contributed by atoms with Crippen LogP contribution in [0.15, 0.2) is 30.3 Å². The van der Waals surface area contributed by atoms with Crippen molar-refractivity contribution in [3.63, 3.8) is 0 Å². The number of amides is 1. The van der Waals surface area contributed by atoms with E-state index in [4.69, 9.17) is 9.97 Å². The molecular formula is C27H32N4OS. The Morgan fingerprint density at radius 3 is 2.61 bits per heavy atom. The Hall–Kier alpha value is -2.47. The number of fused-ring (bicyclic) bond motifs is 3. The average molecular weight is 461 g/mol. The molecule has 1 aliphatic heterocycles. The van der Waals surface area contributed by atoms with Gasteiger partial charge in [0.15, 0.2) is 0 Å². The van der Waals surface area contributed by atoms with Crippen molar-refractivity contribution in [1.82, 2.24) is 14.9 Å². The molecule has 2 fully saturated rings. The maximum absolute atomic E-state index is 12.8. The summed E-state index contributed by atoms with van der Waals surface area (Å²) in [6, 6.07) is 10.3. The Morgan fingerprint density at radius 1 is 1.06 bits per heavy atom. The molecule has 3 heterocycles. The number of rotatable bonds is 5. The van der Waals surface area contributed by atoms with Gasteiger partial charge in [0.25, 0.3) is 0 Å². The van der Waals surface area contributed by atoms with Gasteiger partial charge in [-0.3, -0.25) is 4.79 Å². The first-order valence-corrected chi connectivity index (χ1v) is 13.4. The number of nitrogens with zero attached hydrogens (tertiary/aromatic N) is 4. The second-order valence-electron chi connectivity index (χ2n) is 10.1. The molecule has 1 saturated heterocycles. The van der Waals surface area contributed by atoms with Gasteiger partial charge in [0.2, 0.25) is 5.91 Å². The summed E-state index contributed by atoms with van der Waals surface area (Å²) in [5, 5.41) is 1.31. The van der Waals surface area contributed by atoms with Crippen LogP contribution in [0.5, 0.6) is 0 Å². The van der Waals surface area contributed by atoms with E-state index in [9.17, 15) is 4.79 Å². The van der Waals surface area contributed by atoms with E-state index in [0.29, 0.717) is 12.3 Å². The van der Waals surface area contributed by atoms with Crippen LogP contribution in [0.25, 0.3) is 10.2 Å². The Balaban J connectivity index is 1.20. The second kappa shape index (κ2) is 8.71. The highest BCUT2D eigenvalue weighted by Crippen LogP contribution is 2.44. The molecule has 2 aromatic heterocycles. The van der Waals surface area contributed by atoms with Crippen molar-refractivity contribution in [2.45, 2.75) is 57.8 Å². The minimum atomic E-state index is 0.270. The molecule has 33 heavy (non-hydrogen) atoms. The van der Waals surface area contributed by atoms with Crippen molar-refractivity contribution in [2.24, 2.45) is 5.92 Å². The number of aryl methyl sites for hydroxylation is 2. The van der Waals surface area contributed by atoms with Crippen LogP contribution < -0.4 is 4.90 Å². The van der Waals surface area contributed by atoms with E-state index in [1.54, 1.807) is 0 Å². The predicted octanol–water partition coefficient (Wildman–Crippen LogP) is 4.97. The molecule has 1 amide bonds. The van der Waals surface area contributed by atoms with Gasteiger partial charge >= 0.3 is 0 Å². The first-order chi connectivity index (χ1) is 16.2. The Bertz CT molecular complexity index is 1160. The molecule has 1 atom stereocenters. The molecule has 6 rings (SSSR count). The highest BCUT2D eigenvalue weighted by Gasteiger charge is 2.32. The van der Waals surface area contributed by atoms with E-state index in [2.05, 4.69) is 24.0 Å². The normalized spacial score (nSPS) is 20.8. The number of aromatic nitrogens is 2. The average Bonchev–Trinajstić information content (AvgIpc) is 3.63. The minimum absolute atomic E-state index is 0.270. The largest absolute Gasteiger partial charge is 0.352 e. The zero-order chi connectivity index (χ0) is 22.4. The lowest BCUT2D eigenvalue weighted by Gasteiger charge is -2.36. The van der Waals surface area contributed by atoms with Crippen molar-refractivity contribution >= 4 is 33.3 Å². The lowest BCUT2D eigenvalue weighted by molar-refractivity contribution is -0.131. The Labute approximate surface area is 199 Å². The third kappa shape index (κ3) is 4.25. The molecule has 5 nitrogen and oxygen atoms in total. The molecule has 2 aliphatic carbocycles. The molecule has 0 bridgehead atoms. The summed E-state index contributed by atoms with van der Waals surface area (Å²) in [7, 11) is 0. The SMILES string of the molecule is CC1CCc2c(sc3nc(C4CC4)nc(N4CCN(C(=O)CCc5ccccc5)CC4)c23)C1. The fourth-order valence-electron chi connectivity index (χ4n) is 5.31. The summed E-state index contributed by atoms with van der Waals surface area (Å²) < 4.78 is 0. The van der Waals surface area contributed by atoms with Crippen LogP contribution >= 0.6 is 11.3 Å². The number of piperazine rings is 1. The van der Waals surface area contributed by atoms with Gasteiger partial charge in [-0.05, 0) is 55.6 Å². The van der Waals surface area contributed by atoms with E-state index >= 15 is 0 Å². The van der Waals surface area contributed by atoms with Crippen LogP contribution in [0.2, 0.25) is 0 Å². The number of hydrogen-bond acceptors (Lipinski definition) is 5. The highest BCUT2D eigenvalue weighted by molar-refractivity contribution is 7.19. The van der Waals surface area contributed by atoms with Crippen LogP contribution in [0.1, 0.15) is 60.4 Å². The molecule has 0 spiro atoms. The summed E-state index contributed by atoms with van der Waals surface area (Å²) in [6.45, 7) is 5.63. The monoisotopic (exact) mass is 460 g/mol. The van der Waals surface area contributed by atoms with Gasteiger partial charge in [0, 0.05) is 43.4 Å². The molecule has 0 radical (unpaired) electrons. The quantitative estimate of drug-likeness (QED) is 0.539. The smallest absolute Gasteiger partial charge is 0.223 e. The van der Waals surface area contributed by atoms with Crippen LogP contribution in [0.4, 0.5) is 5.82 Å². The standard InChI is InChI=1S/C27H32N4OS/c1-18-7-11-21-22(17-18)33-27-24(21)26(28-25(29-27)20-9-10-20)31-15-13-30(14-16-31)23(32)12-8-19-5-3-2-4-6-19/h2-6,18,20H,7-17H2,1H3. The van der Waals surface area contributed by atoms with Crippen molar-refractivity contribution in [1.29, 1.82) is 0 Å². The van der Waals surface area contributed by atoms with Crippen LogP contribution in [0.3, 0.4) is 0 Å². The van der Waals surface area contributed by atoms with Gasteiger partial charge in [-0.2, -0.15) is 0 Å². The molecule has 6 heteroatoms. The highest BCUT2D eigenvalue weighted by atomic mass is 32.1. The number of hydrogen-bond donors (Lipinski definition) is 0. The molecule has 3 aliphatic rings. The van der Waals surface area contributed by atoms with Crippen molar-refractivity contribution < 1.29 is 4.79 Å². The van der Waals surface area contributed by atoms with E-state index in [0.717, 1.165) is 56.6 Å². The van der Waals surface area contributed by atoms with Crippen molar-refractivity contribution in [3.05, 3.63) is 52.2 Å². The fourth-order valence-corrected chi connectivity index (χ4v) is 6.70. The second-order valence-corrected chi connectivity index (χ2v) is 11.1. The van der Waals surface area contributed by atoms with Crippen LogP contribution in [-0.2, 0) is 24.1 Å². The zero-order valence-corrected chi connectivity index (χ0v) is 20.2. The van der Waals surface area contributed by atoms with Crippen LogP contribution in [-0.4, -0.2) is 47.0 Å². The van der Waals surface area contributed by atoms with E-state index in [1.807, 2.05) is 34.4 Å². The third-order valence-electron chi connectivity index (χ3n) is 7.50. The maximum atomic E-state index is 12.8. The molecule has 0 N–H and O–H groups in total. The zero-order valence-electron chi connectivity index (χ0n) is 19.4. The van der Waals surface area contributed by atoms with Gasteiger partial charge in [0.05, 0.1) is 5.39 Å². The van der Waals surface area contributed by atoms with Gasteiger partial charge < -0.3 is 9.80 Å². The third-order valence-corrected chi connectivity index (χ3v) is 8.65. The Morgan fingerprint density at radius 2 is 1.85 bits per heavy atom. The number of carbonyl (C=O) groups is 1. The fraction of sp³-hybridized carbons (Fsp3) is 0.519. The van der Waals surface area contributed by atoms with E-state index < -0.39 is 0 Å². The minimum Gasteiger partial charge on any atom is -0.352 e. The van der Waals surface area contributed by atoms with E-state index in [-0.39, 0.29) is 5.91 Å². The molecule has 1 saturated carbocycles. The predicted molar refractivity (Wildman–Crippen MR) is 134 cm³/mol. The summed E-state index contributed by atoms with van der Waals surface area (Å²) in [5.74, 6) is 3.77.